The summed E-state index contributed by atoms with van der Waals surface area (Å²) in [5.74, 6) is 3.06. The zero-order valence-corrected chi connectivity index (χ0v) is 15.1. The lowest BCUT2D eigenvalue weighted by atomic mass is 9.95. The highest BCUT2D eigenvalue weighted by Crippen LogP contribution is 2.35. The average Bonchev–Trinajstić information content (AvgIpc) is 2.74. The number of terminal acetylenes is 1. The first kappa shape index (κ1) is 18.5. The van der Waals surface area contributed by atoms with Gasteiger partial charge in [-0.3, -0.25) is 0 Å². The molecule has 1 aromatic heterocycles. The molecule has 0 atom stereocenters. The van der Waals surface area contributed by atoms with E-state index >= 15 is 0 Å². The predicted molar refractivity (Wildman–Crippen MR) is 110 cm³/mol. The number of pyridine rings is 1. The number of rotatable bonds is 5. The Labute approximate surface area is 164 Å². The van der Waals surface area contributed by atoms with Crippen molar-refractivity contribution in [3.05, 3.63) is 77.4 Å². The van der Waals surface area contributed by atoms with Crippen molar-refractivity contribution < 1.29 is 0 Å². The van der Waals surface area contributed by atoms with Crippen LogP contribution in [0.5, 0.6) is 0 Å². The summed E-state index contributed by atoms with van der Waals surface area (Å²) in [6.07, 6.45) is 5.57. The Balaban J connectivity index is 2.23. The second kappa shape index (κ2) is 8.41. The highest BCUT2D eigenvalue weighted by Gasteiger charge is 2.23. The standard InChI is InChI=1S/C23H17N5/c1-2-13-28(16-17-9-5-3-6-10-17)23-20(15-25)21(18-11-7-4-8-12-18)19(14-24)22(26)27-23/h1,3-12H,13,16H2,(H2,26,27). The summed E-state index contributed by atoms with van der Waals surface area (Å²) in [5.41, 5.74) is 8.79. The Hall–Kier alpha value is -4.27. The minimum absolute atomic E-state index is 0.0745. The third-order valence-corrected chi connectivity index (χ3v) is 4.29. The van der Waals surface area contributed by atoms with Crippen molar-refractivity contribution in [2.75, 3.05) is 17.2 Å². The predicted octanol–water partition coefficient (Wildman–Crippen LogP) is 3.71. The molecular formula is C23H17N5. The van der Waals surface area contributed by atoms with E-state index in [4.69, 9.17) is 12.2 Å². The third-order valence-electron chi connectivity index (χ3n) is 4.29. The Morgan fingerprint density at radius 1 is 0.929 bits per heavy atom. The molecular weight excluding hydrogens is 346 g/mol. The number of nitriles is 2. The van der Waals surface area contributed by atoms with Crippen LogP contribution >= 0.6 is 0 Å². The van der Waals surface area contributed by atoms with Gasteiger partial charge < -0.3 is 10.6 Å². The smallest absolute Gasteiger partial charge is 0.150 e. The largest absolute Gasteiger partial charge is 0.383 e. The molecule has 1 heterocycles. The Morgan fingerprint density at radius 2 is 1.54 bits per heavy atom. The van der Waals surface area contributed by atoms with Crippen LogP contribution in [0.4, 0.5) is 11.6 Å². The molecule has 0 aliphatic rings. The van der Waals surface area contributed by atoms with Crippen molar-refractivity contribution >= 4 is 11.6 Å². The normalized spacial score (nSPS) is 9.75. The minimum atomic E-state index is 0.0745. The average molecular weight is 363 g/mol. The molecule has 0 aliphatic carbocycles. The van der Waals surface area contributed by atoms with Crippen LogP contribution < -0.4 is 10.6 Å². The molecule has 28 heavy (non-hydrogen) atoms. The number of anilines is 2. The van der Waals surface area contributed by atoms with Crippen molar-refractivity contribution in [2.45, 2.75) is 6.54 Å². The first-order chi connectivity index (χ1) is 13.7. The van der Waals surface area contributed by atoms with E-state index in [9.17, 15) is 10.5 Å². The highest BCUT2D eigenvalue weighted by molar-refractivity contribution is 5.85. The molecule has 0 unspecified atom stereocenters. The van der Waals surface area contributed by atoms with Crippen molar-refractivity contribution in [2.24, 2.45) is 0 Å². The maximum Gasteiger partial charge on any atom is 0.150 e. The SMILES string of the molecule is C#CCN(Cc1ccccc1)c1nc(N)c(C#N)c(-c2ccccc2)c1C#N. The molecule has 134 valence electrons. The summed E-state index contributed by atoms with van der Waals surface area (Å²) in [6, 6.07) is 23.3. The summed E-state index contributed by atoms with van der Waals surface area (Å²) < 4.78 is 0. The number of benzene rings is 2. The summed E-state index contributed by atoms with van der Waals surface area (Å²) in [4.78, 5) is 6.20. The molecule has 0 aliphatic heterocycles. The van der Waals surface area contributed by atoms with Crippen LogP contribution in [0.25, 0.3) is 11.1 Å². The number of nitrogens with zero attached hydrogens (tertiary/aromatic N) is 4. The van der Waals surface area contributed by atoms with Gasteiger partial charge in [0.2, 0.25) is 0 Å². The van der Waals surface area contributed by atoms with Crippen LogP contribution in [0.15, 0.2) is 60.7 Å². The van der Waals surface area contributed by atoms with Crippen LogP contribution in [0.2, 0.25) is 0 Å². The van der Waals surface area contributed by atoms with Crippen LogP contribution in [0.1, 0.15) is 16.7 Å². The molecule has 0 saturated carbocycles. The molecule has 5 nitrogen and oxygen atoms in total. The summed E-state index contributed by atoms with van der Waals surface area (Å²) >= 11 is 0. The molecule has 0 radical (unpaired) electrons. The fourth-order valence-electron chi connectivity index (χ4n) is 3.05. The number of hydrogen-bond donors (Lipinski definition) is 1. The van der Waals surface area contributed by atoms with Gasteiger partial charge in [0.1, 0.15) is 29.1 Å². The van der Waals surface area contributed by atoms with Gasteiger partial charge in [-0.05, 0) is 11.1 Å². The Kier molecular flexibility index (Phi) is 5.56. The number of nitrogen functional groups attached to an aromatic ring is 1. The van der Waals surface area contributed by atoms with Gasteiger partial charge >= 0.3 is 0 Å². The van der Waals surface area contributed by atoms with Gasteiger partial charge in [0.05, 0.1) is 6.54 Å². The van der Waals surface area contributed by atoms with Crippen LogP contribution in [0.3, 0.4) is 0 Å². The van der Waals surface area contributed by atoms with Gasteiger partial charge in [0.25, 0.3) is 0 Å². The zero-order chi connectivity index (χ0) is 19.9. The molecule has 0 spiro atoms. The molecule has 2 aromatic carbocycles. The van der Waals surface area contributed by atoms with E-state index in [1.54, 1.807) is 0 Å². The summed E-state index contributed by atoms with van der Waals surface area (Å²) in [7, 11) is 0. The van der Waals surface area contributed by atoms with Crippen molar-refractivity contribution in [3.8, 4) is 35.6 Å². The molecule has 3 rings (SSSR count). The molecule has 5 heteroatoms. The quantitative estimate of drug-likeness (QED) is 0.698. The maximum atomic E-state index is 9.94. The molecule has 2 N–H and O–H groups in total. The fourth-order valence-corrected chi connectivity index (χ4v) is 3.05. The van der Waals surface area contributed by atoms with Crippen molar-refractivity contribution in [1.82, 2.24) is 4.98 Å². The van der Waals surface area contributed by atoms with E-state index in [2.05, 4.69) is 23.0 Å². The first-order valence-corrected chi connectivity index (χ1v) is 8.61. The topological polar surface area (TPSA) is 89.7 Å². The molecule has 0 bridgehead atoms. The van der Waals surface area contributed by atoms with Crippen LogP contribution in [-0.4, -0.2) is 11.5 Å². The van der Waals surface area contributed by atoms with Crippen LogP contribution in [0, 0.1) is 35.0 Å². The molecule has 0 fully saturated rings. The third kappa shape index (κ3) is 3.63. The van der Waals surface area contributed by atoms with E-state index in [0.717, 1.165) is 11.1 Å². The van der Waals surface area contributed by atoms with E-state index in [1.807, 2.05) is 65.6 Å². The zero-order valence-electron chi connectivity index (χ0n) is 15.1. The van der Waals surface area contributed by atoms with Gasteiger partial charge in [-0.1, -0.05) is 66.6 Å². The van der Waals surface area contributed by atoms with Crippen LogP contribution in [-0.2, 0) is 6.54 Å². The minimum Gasteiger partial charge on any atom is -0.383 e. The van der Waals surface area contributed by atoms with E-state index in [-0.39, 0.29) is 23.5 Å². The van der Waals surface area contributed by atoms with Crippen molar-refractivity contribution in [3.63, 3.8) is 0 Å². The number of hydrogen-bond acceptors (Lipinski definition) is 5. The summed E-state index contributed by atoms with van der Waals surface area (Å²) in [5, 5.41) is 19.6. The molecule has 0 amide bonds. The van der Waals surface area contributed by atoms with Crippen molar-refractivity contribution in [1.29, 1.82) is 10.5 Å². The summed E-state index contributed by atoms with van der Waals surface area (Å²) in [6.45, 7) is 0.711. The molecule has 0 saturated heterocycles. The Bertz CT molecular complexity index is 1100. The monoisotopic (exact) mass is 363 g/mol. The Morgan fingerprint density at radius 3 is 2.11 bits per heavy atom. The highest BCUT2D eigenvalue weighted by atomic mass is 15.2. The lowest BCUT2D eigenvalue weighted by Gasteiger charge is -2.24. The number of nitrogens with two attached hydrogens (primary N) is 1. The van der Waals surface area contributed by atoms with E-state index < -0.39 is 0 Å². The lowest BCUT2D eigenvalue weighted by molar-refractivity contribution is 0.855. The first-order valence-electron chi connectivity index (χ1n) is 8.61. The fraction of sp³-hybridized carbons (Fsp3) is 0.0870. The maximum absolute atomic E-state index is 9.94. The van der Waals surface area contributed by atoms with Gasteiger partial charge in [0, 0.05) is 12.1 Å². The van der Waals surface area contributed by atoms with Gasteiger partial charge in [-0.15, -0.1) is 6.42 Å². The van der Waals surface area contributed by atoms with Gasteiger partial charge in [0.15, 0.2) is 5.82 Å². The van der Waals surface area contributed by atoms with E-state index in [0.29, 0.717) is 17.9 Å². The van der Waals surface area contributed by atoms with Gasteiger partial charge in [-0.2, -0.15) is 10.5 Å². The van der Waals surface area contributed by atoms with Gasteiger partial charge in [-0.25, -0.2) is 4.98 Å². The number of aromatic nitrogens is 1. The molecule has 3 aromatic rings. The lowest BCUT2D eigenvalue weighted by Crippen LogP contribution is -2.26. The van der Waals surface area contributed by atoms with E-state index in [1.165, 1.54) is 0 Å². The second-order valence-electron chi connectivity index (χ2n) is 6.08. The second-order valence-corrected chi connectivity index (χ2v) is 6.08.